The standard InChI is InChI=1S/C28H24FN3O4/c1-19-7-9-20(10-8-19)24-17-26(32(31-24)23-5-3-2-4-6-23)30-27(34)18-36-28(35)16-15-25(33)21-11-13-22(29)14-12-21/h2-14,17H,15-16,18H2,1H3,(H,30,34). The summed E-state index contributed by atoms with van der Waals surface area (Å²) in [7, 11) is 0. The molecule has 0 atom stereocenters. The first-order valence-corrected chi connectivity index (χ1v) is 11.4. The Labute approximate surface area is 207 Å². The van der Waals surface area contributed by atoms with E-state index in [1.54, 1.807) is 10.7 Å². The molecule has 1 amide bonds. The fourth-order valence-electron chi connectivity index (χ4n) is 3.49. The van der Waals surface area contributed by atoms with Gasteiger partial charge >= 0.3 is 5.97 Å². The summed E-state index contributed by atoms with van der Waals surface area (Å²) in [6.07, 6.45) is -0.296. The van der Waals surface area contributed by atoms with Gasteiger partial charge in [0.15, 0.2) is 12.4 Å². The molecule has 4 rings (SSSR count). The molecule has 0 unspecified atom stereocenters. The van der Waals surface area contributed by atoms with Crippen LogP contribution in [0.1, 0.15) is 28.8 Å². The number of amides is 1. The lowest BCUT2D eigenvalue weighted by molar-refractivity contribution is -0.147. The topological polar surface area (TPSA) is 90.3 Å². The molecule has 0 aliphatic heterocycles. The molecule has 1 aromatic heterocycles. The van der Waals surface area contributed by atoms with Gasteiger partial charge in [0.05, 0.1) is 17.8 Å². The van der Waals surface area contributed by atoms with Crippen molar-refractivity contribution in [3.63, 3.8) is 0 Å². The van der Waals surface area contributed by atoms with E-state index in [1.807, 2.05) is 61.5 Å². The number of para-hydroxylation sites is 1. The summed E-state index contributed by atoms with van der Waals surface area (Å²) in [5.41, 5.74) is 3.74. The molecule has 8 heteroatoms. The zero-order valence-electron chi connectivity index (χ0n) is 19.6. The second-order valence-electron chi connectivity index (χ2n) is 8.17. The largest absolute Gasteiger partial charge is 0.456 e. The molecule has 0 aliphatic rings. The molecule has 36 heavy (non-hydrogen) atoms. The van der Waals surface area contributed by atoms with Gasteiger partial charge in [-0.1, -0.05) is 48.0 Å². The summed E-state index contributed by atoms with van der Waals surface area (Å²) in [6.45, 7) is 1.49. The summed E-state index contributed by atoms with van der Waals surface area (Å²) in [5, 5.41) is 7.39. The number of hydrogen-bond acceptors (Lipinski definition) is 5. The molecular formula is C28H24FN3O4. The van der Waals surface area contributed by atoms with Crippen molar-refractivity contribution in [2.75, 3.05) is 11.9 Å². The average molecular weight is 486 g/mol. The Kier molecular flexibility index (Phi) is 7.65. The van der Waals surface area contributed by atoms with Crippen LogP contribution in [-0.2, 0) is 14.3 Å². The highest BCUT2D eigenvalue weighted by atomic mass is 19.1. The van der Waals surface area contributed by atoms with Gasteiger partial charge in [-0.25, -0.2) is 9.07 Å². The molecule has 1 N–H and O–H groups in total. The number of ether oxygens (including phenoxy) is 1. The first-order chi connectivity index (χ1) is 17.4. The van der Waals surface area contributed by atoms with E-state index in [1.165, 1.54) is 24.3 Å². The molecule has 0 fully saturated rings. The summed E-state index contributed by atoms with van der Waals surface area (Å²) in [6, 6.07) is 24.0. The number of rotatable bonds is 9. The van der Waals surface area contributed by atoms with Gasteiger partial charge in [-0.3, -0.25) is 14.4 Å². The lowest BCUT2D eigenvalue weighted by atomic mass is 10.1. The number of carbonyl (C=O) groups excluding carboxylic acids is 3. The Morgan fingerprint density at radius 2 is 1.61 bits per heavy atom. The Morgan fingerprint density at radius 3 is 2.31 bits per heavy atom. The number of aryl methyl sites for hydroxylation is 1. The van der Waals surface area contributed by atoms with E-state index in [2.05, 4.69) is 10.4 Å². The Bertz CT molecular complexity index is 1360. The zero-order chi connectivity index (χ0) is 25.5. The van der Waals surface area contributed by atoms with Crippen LogP contribution in [0, 0.1) is 12.7 Å². The molecule has 0 aliphatic carbocycles. The molecule has 7 nitrogen and oxygen atoms in total. The fraction of sp³-hybridized carbons (Fsp3) is 0.143. The SMILES string of the molecule is Cc1ccc(-c2cc(NC(=O)COC(=O)CCC(=O)c3ccc(F)cc3)n(-c3ccccc3)n2)cc1. The van der Waals surface area contributed by atoms with Crippen molar-refractivity contribution >= 4 is 23.5 Å². The highest BCUT2D eigenvalue weighted by Gasteiger charge is 2.16. The molecule has 0 saturated heterocycles. The van der Waals surface area contributed by atoms with Crippen molar-refractivity contribution in [1.29, 1.82) is 0 Å². The maximum atomic E-state index is 13.0. The van der Waals surface area contributed by atoms with E-state index >= 15 is 0 Å². The summed E-state index contributed by atoms with van der Waals surface area (Å²) >= 11 is 0. The van der Waals surface area contributed by atoms with Crippen molar-refractivity contribution in [3.05, 3.63) is 102 Å². The van der Waals surface area contributed by atoms with Gasteiger partial charge in [-0.05, 0) is 43.3 Å². The van der Waals surface area contributed by atoms with Crippen LogP contribution in [0.4, 0.5) is 10.2 Å². The van der Waals surface area contributed by atoms with Crippen LogP contribution in [0.25, 0.3) is 16.9 Å². The molecule has 0 radical (unpaired) electrons. The van der Waals surface area contributed by atoms with Crippen LogP contribution in [0.2, 0.25) is 0 Å². The van der Waals surface area contributed by atoms with Crippen LogP contribution in [0.5, 0.6) is 0 Å². The molecule has 182 valence electrons. The van der Waals surface area contributed by atoms with Gasteiger partial charge in [0.1, 0.15) is 11.6 Å². The zero-order valence-corrected chi connectivity index (χ0v) is 19.6. The Hall–Kier alpha value is -4.59. The normalized spacial score (nSPS) is 10.6. The third-order valence-corrected chi connectivity index (χ3v) is 5.41. The van der Waals surface area contributed by atoms with Crippen molar-refractivity contribution in [2.24, 2.45) is 0 Å². The number of nitrogens with one attached hydrogen (secondary N) is 1. The number of anilines is 1. The highest BCUT2D eigenvalue weighted by molar-refractivity contribution is 5.98. The molecule has 0 bridgehead atoms. The maximum absolute atomic E-state index is 13.0. The molecule has 3 aromatic carbocycles. The smallest absolute Gasteiger partial charge is 0.306 e. The minimum Gasteiger partial charge on any atom is -0.456 e. The number of halogens is 1. The van der Waals surface area contributed by atoms with E-state index in [0.717, 1.165) is 16.8 Å². The van der Waals surface area contributed by atoms with Crippen LogP contribution < -0.4 is 5.32 Å². The fourth-order valence-corrected chi connectivity index (χ4v) is 3.49. The van der Waals surface area contributed by atoms with E-state index in [-0.39, 0.29) is 18.6 Å². The van der Waals surface area contributed by atoms with Gasteiger partial charge < -0.3 is 10.1 Å². The predicted molar refractivity (Wildman–Crippen MR) is 133 cm³/mol. The van der Waals surface area contributed by atoms with E-state index in [4.69, 9.17) is 4.74 Å². The lowest BCUT2D eigenvalue weighted by Gasteiger charge is -2.09. The predicted octanol–water partition coefficient (Wildman–Crippen LogP) is 5.13. The van der Waals surface area contributed by atoms with Crippen LogP contribution in [0.3, 0.4) is 0 Å². The number of nitrogens with zero attached hydrogens (tertiary/aromatic N) is 2. The maximum Gasteiger partial charge on any atom is 0.306 e. The average Bonchev–Trinajstić information content (AvgIpc) is 3.31. The molecule has 0 spiro atoms. The second-order valence-corrected chi connectivity index (χ2v) is 8.17. The lowest BCUT2D eigenvalue weighted by Crippen LogP contribution is -2.22. The van der Waals surface area contributed by atoms with Gasteiger partial charge in [0.25, 0.3) is 5.91 Å². The van der Waals surface area contributed by atoms with Crippen molar-refractivity contribution in [3.8, 4) is 16.9 Å². The number of aromatic nitrogens is 2. The summed E-state index contributed by atoms with van der Waals surface area (Å²) in [4.78, 5) is 36.7. The van der Waals surface area contributed by atoms with Gasteiger partial charge in [0.2, 0.25) is 0 Å². The Balaban J connectivity index is 1.38. The number of hydrogen-bond donors (Lipinski definition) is 1. The third-order valence-electron chi connectivity index (χ3n) is 5.41. The molecule has 4 aromatic rings. The van der Waals surface area contributed by atoms with Crippen LogP contribution in [-0.4, -0.2) is 34.0 Å². The minimum absolute atomic E-state index is 0.104. The number of benzene rings is 3. The van der Waals surface area contributed by atoms with E-state index in [0.29, 0.717) is 17.1 Å². The van der Waals surface area contributed by atoms with E-state index < -0.39 is 24.3 Å². The van der Waals surface area contributed by atoms with Crippen molar-refractivity contribution in [2.45, 2.75) is 19.8 Å². The number of carbonyl (C=O) groups is 3. The first-order valence-electron chi connectivity index (χ1n) is 11.4. The number of ketones is 1. The van der Waals surface area contributed by atoms with Crippen LogP contribution >= 0.6 is 0 Å². The third kappa shape index (κ3) is 6.29. The minimum atomic E-state index is -0.683. The molecule has 0 saturated carbocycles. The summed E-state index contributed by atoms with van der Waals surface area (Å²) in [5.74, 6) is -1.56. The van der Waals surface area contributed by atoms with Crippen LogP contribution in [0.15, 0.2) is 84.9 Å². The summed E-state index contributed by atoms with van der Waals surface area (Å²) < 4.78 is 19.6. The van der Waals surface area contributed by atoms with Gasteiger partial charge in [-0.2, -0.15) is 5.10 Å². The number of esters is 1. The highest BCUT2D eigenvalue weighted by Crippen LogP contribution is 2.25. The first kappa shape index (κ1) is 24.5. The molecule has 1 heterocycles. The Morgan fingerprint density at radius 1 is 0.917 bits per heavy atom. The quantitative estimate of drug-likeness (QED) is 0.262. The van der Waals surface area contributed by atoms with Crippen molar-refractivity contribution < 1.29 is 23.5 Å². The van der Waals surface area contributed by atoms with E-state index in [9.17, 15) is 18.8 Å². The monoisotopic (exact) mass is 485 g/mol. The van der Waals surface area contributed by atoms with Crippen molar-refractivity contribution in [1.82, 2.24) is 9.78 Å². The van der Waals surface area contributed by atoms with Gasteiger partial charge in [0, 0.05) is 23.6 Å². The molecular weight excluding hydrogens is 461 g/mol. The van der Waals surface area contributed by atoms with Gasteiger partial charge in [-0.15, -0.1) is 0 Å². The number of Topliss-reactive ketones (excluding diaryl/α,β-unsaturated/α-hetero) is 1. The second kappa shape index (κ2) is 11.2.